The summed E-state index contributed by atoms with van der Waals surface area (Å²) in [4.78, 5) is 12.4. The van der Waals surface area contributed by atoms with E-state index in [2.05, 4.69) is 45.9 Å². The van der Waals surface area contributed by atoms with Crippen LogP contribution in [0, 0.1) is 46.3 Å². The van der Waals surface area contributed by atoms with Gasteiger partial charge in [0, 0.05) is 17.8 Å². The second-order valence-corrected chi connectivity index (χ2v) is 12.1. The third-order valence-corrected chi connectivity index (χ3v) is 10.7. The summed E-state index contributed by atoms with van der Waals surface area (Å²) in [6.45, 7) is 10.4. The molecule has 6 aliphatic rings. The van der Waals surface area contributed by atoms with Gasteiger partial charge in [-0.25, -0.2) is 0 Å². The van der Waals surface area contributed by atoms with E-state index in [0.29, 0.717) is 47.4 Å². The molecular formula is C28H38O4. The Labute approximate surface area is 192 Å². The minimum absolute atomic E-state index is 0.00607. The number of fused-ring (bicyclic) bond motifs is 7. The van der Waals surface area contributed by atoms with Crippen LogP contribution in [-0.2, 0) is 19.0 Å². The molecule has 174 valence electrons. The fourth-order valence-corrected chi connectivity index (χ4v) is 8.90. The number of hydrogen-bond acceptors (Lipinski definition) is 4. The third-order valence-electron chi connectivity index (χ3n) is 10.7. The maximum Gasteiger partial charge on any atom is 0.220 e. The van der Waals surface area contributed by atoms with Gasteiger partial charge >= 0.3 is 0 Å². The fourth-order valence-electron chi connectivity index (χ4n) is 8.90. The van der Waals surface area contributed by atoms with E-state index in [4.69, 9.17) is 14.2 Å². The van der Waals surface area contributed by atoms with Gasteiger partial charge in [-0.15, -0.1) is 0 Å². The van der Waals surface area contributed by atoms with Crippen molar-refractivity contribution in [3.8, 4) is 0 Å². The van der Waals surface area contributed by atoms with Crippen LogP contribution < -0.4 is 0 Å². The number of carbonyl (C=O) groups excluding carboxylic acids is 1. The lowest BCUT2D eigenvalue weighted by molar-refractivity contribution is -0.272. The number of ketones is 1. The Morgan fingerprint density at radius 1 is 1.12 bits per heavy atom. The van der Waals surface area contributed by atoms with Crippen molar-refractivity contribution in [2.24, 2.45) is 46.3 Å². The quantitative estimate of drug-likeness (QED) is 0.546. The Morgan fingerprint density at radius 3 is 2.66 bits per heavy atom. The van der Waals surface area contributed by atoms with Crippen LogP contribution in [0.1, 0.15) is 59.8 Å². The highest BCUT2D eigenvalue weighted by atomic mass is 16.7. The van der Waals surface area contributed by atoms with E-state index < -0.39 is 0 Å². The zero-order valence-electron chi connectivity index (χ0n) is 20.2. The summed E-state index contributed by atoms with van der Waals surface area (Å²) in [6.07, 6.45) is 14.7. The molecule has 4 heteroatoms. The van der Waals surface area contributed by atoms with Crippen LogP contribution in [0.3, 0.4) is 0 Å². The van der Waals surface area contributed by atoms with Gasteiger partial charge in [-0.2, -0.15) is 0 Å². The molecule has 4 nitrogen and oxygen atoms in total. The molecule has 10 atom stereocenters. The van der Waals surface area contributed by atoms with Gasteiger partial charge in [0.15, 0.2) is 11.5 Å². The molecule has 2 saturated carbocycles. The Balaban J connectivity index is 1.32. The molecular weight excluding hydrogens is 400 g/mol. The standard InChI is InChI=1S/C28H38O4/c1-16-8-11-28(31-15-16)17(2)25-23(32-28)13-21-19-7-6-18-12-22(29)24(30-5)14-27(18,4)20(19)9-10-26(21,25)3/h6-7,12,14,16-17,19-21,23,25H,8-11,13,15H2,1-5H3/t16-,17+,19-,20+,21+,23+,25+,26+,27+,28-/m1/s1. The first-order chi connectivity index (χ1) is 15.2. The molecule has 2 heterocycles. The van der Waals surface area contributed by atoms with E-state index in [1.165, 1.54) is 19.3 Å². The van der Waals surface area contributed by atoms with Gasteiger partial charge in [0.2, 0.25) is 5.78 Å². The van der Waals surface area contributed by atoms with Crippen molar-refractivity contribution in [3.05, 3.63) is 35.6 Å². The van der Waals surface area contributed by atoms with E-state index in [1.807, 2.05) is 0 Å². The molecule has 2 aliphatic heterocycles. The molecule has 0 bridgehead atoms. The van der Waals surface area contributed by atoms with Gasteiger partial charge in [-0.05, 0) is 78.4 Å². The van der Waals surface area contributed by atoms with Crippen LogP contribution in [-0.4, -0.2) is 31.4 Å². The third kappa shape index (κ3) is 2.60. The van der Waals surface area contributed by atoms with E-state index in [1.54, 1.807) is 13.2 Å². The molecule has 0 radical (unpaired) electrons. The predicted octanol–water partition coefficient (Wildman–Crippen LogP) is 5.45. The summed E-state index contributed by atoms with van der Waals surface area (Å²) in [6, 6.07) is 0. The second-order valence-electron chi connectivity index (χ2n) is 12.1. The van der Waals surface area contributed by atoms with Crippen LogP contribution in [0.4, 0.5) is 0 Å². The second kappa shape index (κ2) is 6.82. The maximum absolute atomic E-state index is 12.4. The maximum atomic E-state index is 12.4. The van der Waals surface area contributed by atoms with Gasteiger partial charge < -0.3 is 14.2 Å². The van der Waals surface area contributed by atoms with Crippen molar-refractivity contribution in [3.63, 3.8) is 0 Å². The first-order valence-corrected chi connectivity index (χ1v) is 12.8. The highest BCUT2D eigenvalue weighted by Gasteiger charge is 2.68. The minimum Gasteiger partial charge on any atom is -0.493 e. The van der Waals surface area contributed by atoms with E-state index in [0.717, 1.165) is 25.0 Å². The monoisotopic (exact) mass is 438 g/mol. The number of ether oxygens (including phenoxy) is 3. The molecule has 4 fully saturated rings. The molecule has 0 aromatic rings. The Bertz CT molecular complexity index is 922. The minimum atomic E-state index is -0.350. The first kappa shape index (κ1) is 21.2. The van der Waals surface area contributed by atoms with Crippen molar-refractivity contribution in [1.29, 1.82) is 0 Å². The normalized spacial score (nSPS) is 53.8. The molecule has 32 heavy (non-hydrogen) atoms. The van der Waals surface area contributed by atoms with Gasteiger partial charge in [-0.1, -0.05) is 39.8 Å². The lowest BCUT2D eigenvalue weighted by Crippen LogP contribution is -2.51. The molecule has 0 unspecified atom stereocenters. The molecule has 1 spiro atoms. The van der Waals surface area contributed by atoms with Crippen molar-refractivity contribution in [1.82, 2.24) is 0 Å². The Morgan fingerprint density at radius 2 is 1.94 bits per heavy atom. The van der Waals surface area contributed by atoms with E-state index in [9.17, 15) is 4.79 Å². The summed E-state index contributed by atoms with van der Waals surface area (Å²) in [5, 5.41) is 0. The van der Waals surface area contributed by atoms with Gasteiger partial charge in [0.25, 0.3) is 0 Å². The van der Waals surface area contributed by atoms with Crippen molar-refractivity contribution in [2.75, 3.05) is 13.7 Å². The summed E-state index contributed by atoms with van der Waals surface area (Å²) < 4.78 is 18.8. The highest BCUT2D eigenvalue weighted by Crippen LogP contribution is 2.69. The van der Waals surface area contributed by atoms with Gasteiger partial charge in [-0.3, -0.25) is 4.79 Å². The molecule has 0 aromatic heterocycles. The average molecular weight is 439 g/mol. The fraction of sp³-hybridized carbons (Fsp3) is 0.750. The summed E-state index contributed by atoms with van der Waals surface area (Å²) in [7, 11) is 1.61. The van der Waals surface area contributed by atoms with Crippen molar-refractivity contribution < 1.29 is 19.0 Å². The molecule has 6 rings (SSSR count). The van der Waals surface area contributed by atoms with Crippen molar-refractivity contribution in [2.45, 2.75) is 71.7 Å². The summed E-state index contributed by atoms with van der Waals surface area (Å²) in [5.41, 5.74) is 1.30. The molecule has 0 aromatic carbocycles. The zero-order valence-corrected chi connectivity index (χ0v) is 20.2. The number of carbonyl (C=O) groups is 1. The zero-order chi connectivity index (χ0) is 22.5. The van der Waals surface area contributed by atoms with Gasteiger partial charge in [0.1, 0.15) is 0 Å². The SMILES string of the molecule is COC1=C[C@@]2(C)C(=CC1=O)C=C[C@H]1[C@@H]3C[C@@H]4O[C@]5(CC[C@@H](C)CO5)[C@@H](C)[C@@H]4[C@@]3(C)CC[C@@H]12. The number of methoxy groups -OCH3 is 1. The topological polar surface area (TPSA) is 44.8 Å². The van der Waals surface area contributed by atoms with Crippen LogP contribution in [0.15, 0.2) is 35.6 Å². The first-order valence-electron chi connectivity index (χ1n) is 12.8. The number of hydrogen-bond donors (Lipinski definition) is 0. The molecule has 0 amide bonds. The van der Waals surface area contributed by atoms with Crippen LogP contribution >= 0.6 is 0 Å². The van der Waals surface area contributed by atoms with Crippen molar-refractivity contribution >= 4 is 5.78 Å². The van der Waals surface area contributed by atoms with E-state index >= 15 is 0 Å². The summed E-state index contributed by atoms with van der Waals surface area (Å²) >= 11 is 0. The number of rotatable bonds is 1. The Hall–Kier alpha value is -1.39. The molecule has 2 saturated heterocycles. The summed E-state index contributed by atoms with van der Waals surface area (Å²) in [5.74, 6) is 3.43. The molecule has 0 N–H and O–H groups in total. The predicted molar refractivity (Wildman–Crippen MR) is 122 cm³/mol. The van der Waals surface area contributed by atoms with E-state index in [-0.39, 0.29) is 22.4 Å². The lowest BCUT2D eigenvalue weighted by Gasteiger charge is -2.55. The lowest BCUT2D eigenvalue weighted by atomic mass is 9.49. The van der Waals surface area contributed by atoms with Crippen LogP contribution in [0.2, 0.25) is 0 Å². The highest BCUT2D eigenvalue weighted by molar-refractivity contribution is 6.04. The van der Waals surface area contributed by atoms with Crippen LogP contribution in [0.25, 0.3) is 0 Å². The average Bonchev–Trinajstić information content (AvgIpc) is 3.21. The smallest absolute Gasteiger partial charge is 0.220 e. The largest absolute Gasteiger partial charge is 0.493 e. The molecule has 4 aliphatic carbocycles. The Kier molecular flexibility index (Phi) is 4.51. The number of allylic oxidation sites excluding steroid dienone is 5. The van der Waals surface area contributed by atoms with Gasteiger partial charge in [0.05, 0.1) is 19.8 Å². The van der Waals surface area contributed by atoms with Crippen LogP contribution in [0.5, 0.6) is 0 Å².